The first-order chi connectivity index (χ1) is 7.68. The molecule has 0 radical (unpaired) electrons. The Morgan fingerprint density at radius 3 is 3.19 bits per heavy atom. The third-order valence-electron chi connectivity index (χ3n) is 3.12. The molecule has 86 valence electrons. The Labute approximate surface area is 110 Å². The van der Waals surface area contributed by atoms with Gasteiger partial charge >= 0.3 is 110 Å². The molecule has 16 heavy (non-hydrogen) atoms. The van der Waals surface area contributed by atoms with Crippen LogP contribution in [0.4, 0.5) is 4.79 Å². The summed E-state index contributed by atoms with van der Waals surface area (Å²) in [5, 5.41) is 0.812. The van der Waals surface area contributed by atoms with Crippen molar-refractivity contribution < 1.29 is 29.5 Å². The Morgan fingerprint density at radius 2 is 2.38 bits per heavy atom. The summed E-state index contributed by atoms with van der Waals surface area (Å²) in [4.78, 5) is 13.5. The van der Waals surface area contributed by atoms with Crippen molar-refractivity contribution in [3.8, 4) is 0 Å². The first kappa shape index (κ1) is 10.7. The van der Waals surface area contributed by atoms with Gasteiger partial charge in [-0.1, -0.05) is 0 Å². The maximum absolute atomic E-state index is 11.6. The quantitative estimate of drug-likeness (QED) is 0.367. The second-order valence-electron chi connectivity index (χ2n) is 3.96. The van der Waals surface area contributed by atoms with E-state index in [4.69, 9.17) is 14.7 Å². The first-order valence-corrected chi connectivity index (χ1v) is 7.59. The standard InChI is InChI=1S/C11H10ClINO2/c1-6-7-3-2-4-9(12)8(7)5-10-13-16-11(15)14(6)10/h2-4,6,10H,5H2,1H3/q-1/t6-,10+/m0/s1. The average Bonchev–Trinajstić information content (AvgIpc) is 2.63. The molecule has 0 bridgehead atoms. The molecular weight excluding hydrogens is 340 g/mol. The molecule has 1 fully saturated rings. The molecule has 3 nitrogen and oxygen atoms in total. The summed E-state index contributed by atoms with van der Waals surface area (Å²) < 4.78 is 5.45. The molecule has 2 atom stereocenters. The van der Waals surface area contributed by atoms with Gasteiger partial charge in [0.05, 0.1) is 0 Å². The van der Waals surface area contributed by atoms with Crippen LogP contribution in [0.2, 0.25) is 5.02 Å². The molecule has 2 heterocycles. The van der Waals surface area contributed by atoms with Gasteiger partial charge in [0, 0.05) is 0 Å². The molecule has 2 aliphatic heterocycles. The summed E-state index contributed by atoms with van der Waals surface area (Å²) in [6.07, 6.45) is 0.689. The van der Waals surface area contributed by atoms with Crippen molar-refractivity contribution in [3.63, 3.8) is 0 Å². The number of amides is 1. The number of hydrogen-bond donors (Lipinski definition) is 0. The van der Waals surface area contributed by atoms with Gasteiger partial charge in [-0.2, -0.15) is 0 Å². The van der Waals surface area contributed by atoms with E-state index in [9.17, 15) is 4.79 Å². The molecule has 0 aliphatic carbocycles. The Hall–Kier alpha value is -0.490. The van der Waals surface area contributed by atoms with Crippen LogP contribution < -0.4 is 21.6 Å². The molecule has 0 unspecified atom stereocenters. The summed E-state index contributed by atoms with van der Waals surface area (Å²) in [7, 11) is 0. The van der Waals surface area contributed by atoms with Gasteiger partial charge in [0.2, 0.25) is 0 Å². The molecule has 0 spiro atoms. The number of carbonyl (C=O) groups excluding carboxylic acids is 1. The van der Waals surface area contributed by atoms with Crippen LogP contribution in [0.25, 0.3) is 0 Å². The number of rotatable bonds is 0. The zero-order chi connectivity index (χ0) is 11.3. The van der Waals surface area contributed by atoms with E-state index in [2.05, 4.69) is 0 Å². The Morgan fingerprint density at radius 1 is 1.56 bits per heavy atom. The second kappa shape index (κ2) is 3.77. The SMILES string of the molecule is C[C@H]1c2cccc(Cl)c2C[C@@H]2[I-]OC(=O)N21. The summed E-state index contributed by atoms with van der Waals surface area (Å²) >= 11 is 5.69. The molecule has 5 heteroatoms. The van der Waals surface area contributed by atoms with Gasteiger partial charge in [0.25, 0.3) is 0 Å². The van der Waals surface area contributed by atoms with Gasteiger partial charge < -0.3 is 0 Å². The molecule has 0 aromatic heterocycles. The summed E-state index contributed by atoms with van der Waals surface area (Å²) in [5.74, 6) is 0. The second-order valence-corrected chi connectivity index (χ2v) is 6.76. The van der Waals surface area contributed by atoms with E-state index in [1.165, 1.54) is 5.56 Å². The zero-order valence-electron chi connectivity index (χ0n) is 8.61. The van der Waals surface area contributed by atoms with E-state index in [0.29, 0.717) is 0 Å². The van der Waals surface area contributed by atoms with Crippen molar-refractivity contribution in [3.05, 3.63) is 34.3 Å². The van der Waals surface area contributed by atoms with Crippen LogP contribution >= 0.6 is 11.6 Å². The number of hydrogen-bond acceptors (Lipinski definition) is 2. The van der Waals surface area contributed by atoms with Crippen molar-refractivity contribution in [1.82, 2.24) is 4.90 Å². The maximum atomic E-state index is 11.6. The van der Waals surface area contributed by atoms with Crippen LogP contribution in [0, 0.1) is 0 Å². The van der Waals surface area contributed by atoms with Gasteiger partial charge in [-0.3, -0.25) is 0 Å². The minimum atomic E-state index is -0.508. The fourth-order valence-corrected chi connectivity index (χ4v) is 4.89. The van der Waals surface area contributed by atoms with Crippen molar-refractivity contribution in [2.45, 2.75) is 23.4 Å². The third-order valence-corrected chi connectivity index (χ3v) is 5.73. The zero-order valence-corrected chi connectivity index (χ0v) is 11.5. The predicted molar refractivity (Wildman–Crippen MR) is 55.7 cm³/mol. The van der Waals surface area contributed by atoms with Gasteiger partial charge in [-0.05, 0) is 0 Å². The van der Waals surface area contributed by atoms with E-state index in [-0.39, 0.29) is 16.2 Å². The number of nitrogens with zero attached hydrogens (tertiary/aromatic N) is 1. The van der Waals surface area contributed by atoms with E-state index in [1.807, 2.05) is 30.0 Å². The topological polar surface area (TPSA) is 29.5 Å². The van der Waals surface area contributed by atoms with Crippen LogP contribution in [0.5, 0.6) is 0 Å². The fraction of sp³-hybridized carbons (Fsp3) is 0.364. The third kappa shape index (κ3) is 1.43. The normalized spacial score (nSPS) is 27.9. The average molecular weight is 351 g/mol. The fourth-order valence-electron chi connectivity index (χ4n) is 2.32. The number of benzene rings is 1. The number of alkyl halides is 1. The predicted octanol–water partition coefficient (Wildman–Crippen LogP) is -0.261. The molecule has 2 aliphatic rings. The van der Waals surface area contributed by atoms with E-state index < -0.39 is 21.6 Å². The van der Waals surface area contributed by atoms with Gasteiger partial charge in [-0.15, -0.1) is 0 Å². The van der Waals surface area contributed by atoms with Gasteiger partial charge in [-0.25, -0.2) is 0 Å². The van der Waals surface area contributed by atoms with Crippen LogP contribution in [-0.4, -0.2) is 15.0 Å². The molecule has 3 rings (SSSR count). The van der Waals surface area contributed by atoms with Crippen molar-refractivity contribution in [2.75, 3.05) is 0 Å². The number of fused-ring (bicyclic) bond motifs is 2. The van der Waals surface area contributed by atoms with Gasteiger partial charge in [0.15, 0.2) is 0 Å². The van der Waals surface area contributed by atoms with Crippen molar-refractivity contribution >= 4 is 17.7 Å². The van der Waals surface area contributed by atoms with Crippen LogP contribution in [0.1, 0.15) is 24.1 Å². The summed E-state index contributed by atoms with van der Waals surface area (Å²) in [6, 6.07) is 5.99. The van der Waals surface area contributed by atoms with Crippen LogP contribution in [0.3, 0.4) is 0 Å². The van der Waals surface area contributed by atoms with E-state index in [1.54, 1.807) is 0 Å². The molecule has 1 aromatic carbocycles. The van der Waals surface area contributed by atoms with Crippen LogP contribution in [0.15, 0.2) is 18.2 Å². The van der Waals surface area contributed by atoms with Crippen molar-refractivity contribution in [2.24, 2.45) is 0 Å². The Kier molecular flexibility index (Phi) is 2.51. The Bertz CT molecular complexity index is 465. The molecule has 0 saturated carbocycles. The number of carbonyl (C=O) groups is 1. The minimum absolute atomic E-state index is 0.0853. The molecule has 1 saturated heterocycles. The molecule has 0 N–H and O–H groups in total. The van der Waals surface area contributed by atoms with Crippen molar-refractivity contribution in [1.29, 1.82) is 0 Å². The molecule has 1 aromatic rings. The summed E-state index contributed by atoms with van der Waals surface area (Å²) in [6.45, 7) is 2.04. The first-order valence-electron chi connectivity index (χ1n) is 5.08. The van der Waals surface area contributed by atoms with Gasteiger partial charge in [0.1, 0.15) is 0 Å². The summed E-state index contributed by atoms with van der Waals surface area (Å²) in [5.41, 5.74) is 2.35. The molecular formula is C11H10ClINO2-. The number of halogens is 2. The van der Waals surface area contributed by atoms with Crippen LogP contribution in [-0.2, 0) is 9.49 Å². The Balaban J connectivity index is 2.10. The monoisotopic (exact) mass is 350 g/mol. The van der Waals surface area contributed by atoms with E-state index >= 15 is 0 Å². The van der Waals surface area contributed by atoms with E-state index in [0.717, 1.165) is 17.0 Å². The molecule has 1 amide bonds.